The Morgan fingerprint density at radius 2 is 2.17 bits per heavy atom. The summed E-state index contributed by atoms with van der Waals surface area (Å²) in [6, 6.07) is 4.01. The van der Waals surface area contributed by atoms with Crippen molar-refractivity contribution in [2.75, 3.05) is 0 Å². The Kier molecular flexibility index (Phi) is 5.20. The van der Waals surface area contributed by atoms with Crippen LogP contribution in [-0.2, 0) is 9.53 Å². The van der Waals surface area contributed by atoms with Crippen LogP contribution in [0.5, 0.6) is 0 Å². The summed E-state index contributed by atoms with van der Waals surface area (Å²) in [5, 5.41) is 0. The fourth-order valence-electron chi connectivity index (χ4n) is 4.40. The van der Waals surface area contributed by atoms with E-state index in [1.807, 2.05) is 18.3 Å². The number of halogens is 1. The monoisotopic (exact) mass is 377 g/mol. The van der Waals surface area contributed by atoms with Crippen molar-refractivity contribution in [3.05, 3.63) is 34.6 Å². The lowest BCUT2D eigenvalue weighted by Gasteiger charge is -2.42. The van der Waals surface area contributed by atoms with Crippen molar-refractivity contribution in [3.63, 3.8) is 0 Å². The normalized spacial score (nSPS) is 33.7. The van der Waals surface area contributed by atoms with Crippen molar-refractivity contribution in [2.45, 2.75) is 45.6 Å². The van der Waals surface area contributed by atoms with E-state index in [0.29, 0.717) is 30.1 Å². The molecule has 1 saturated heterocycles. The zero-order valence-electron chi connectivity index (χ0n) is 13.7. The maximum Gasteiger partial charge on any atom is 0.306 e. The molecule has 3 unspecified atom stereocenters. The van der Waals surface area contributed by atoms with Gasteiger partial charge in [0.05, 0.1) is 12.1 Å². The number of hydrogen-bond acceptors (Lipinski definition) is 3. The lowest BCUT2D eigenvalue weighted by atomic mass is 9.63. The molecule has 5 atom stereocenters. The first-order chi connectivity index (χ1) is 11.1. The van der Waals surface area contributed by atoms with Crippen molar-refractivity contribution in [2.24, 2.45) is 23.7 Å². The number of carbonyl (C=O) groups is 1. The van der Waals surface area contributed by atoms with Crippen molar-refractivity contribution in [3.8, 4) is 0 Å². The molecule has 23 heavy (non-hydrogen) atoms. The van der Waals surface area contributed by atoms with Gasteiger partial charge in [-0.3, -0.25) is 9.78 Å². The van der Waals surface area contributed by atoms with Gasteiger partial charge in [-0.25, -0.2) is 0 Å². The second-order valence-corrected chi connectivity index (χ2v) is 7.63. The molecule has 3 nitrogen and oxygen atoms in total. The Balaban J connectivity index is 1.85. The number of carbonyl (C=O) groups excluding carboxylic acids is 1. The van der Waals surface area contributed by atoms with Crippen LogP contribution in [0.15, 0.2) is 28.9 Å². The number of esters is 1. The van der Waals surface area contributed by atoms with Gasteiger partial charge in [-0.1, -0.05) is 32.8 Å². The Morgan fingerprint density at radius 1 is 1.35 bits per heavy atom. The van der Waals surface area contributed by atoms with E-state index in [9.17, 15) is 4.79 Å². The van der Waals surface area contributed by atoms with Crippen molar-refractivity contribution >= 4 is 28.0 Å². The number of allylic oxidation sites excluding steroid dienone is 1. The van der Waals surface area contributed by atoms with E-state index in [1.165, 1.54) is 0 Å². The molecule has 1 saturated carbocycles. The van der Waals surface area contributed by atoms with Crippen molar-refractivity contribution in [1.82, 2.24) is 4.98 Å². The molecule has 0 aromatic carbocycles. The summed E-state index contributed by atoms with van der Waals surface area (Å²) in [5.74, 6) is 1.98. The van der Waals surface area contributed by atoms with Crippen molar-refractivity contribution in [1.29, 1.82) is 0 Å². The molecular weight excluding hydrogens is 354 g/mol. The third-order valence-corrected chi connectivity index (χ3v) is 6.00. The quantitative estimate of drug-likeness (QED) is 0.703. The molecule has 1 aromatic heterocycles. The largest absolute Gasteiger partial charge is 0.462 e. The van der Waals surface area contributed by atoms with Crippen LogP contribution in [-0.4, -0.2) is 17.1 Å². The highest BCUT2D eigenvalue weighted by atomic mass is 79.9. The number of ether oxygens (including phenoxy) is 1. The topological polar surface area (TPSA) is 39.2 Å². The summed E-state index contributed by atoms with van der Waals surface area (Å²) < 4.78 is 6.58. The molecule has 2 fully saturated rings. The summed E-state index contributed by atoms with van der Waals surface area (Å²) >= 11 is 3.41. The summed E-state index contributed by atoms with van der Waals surface area (Å²) in [6.45, 7) is 4.52. The van der Waals surface area contributed by atoms with E-state index in [0.717, 1.165) is 29.4 Å². The van der Waals surface area contributed by atoms with Gasteiger partial charge in [0, 0.05) is 16.6 Å². The third-order valence-electron chi connectivity index (χ3n) is 5.53. The molecular formula is C19H24BrNO2. The van der Waals surface area contributed by atoms with Crippen molar-refractivity contribution < 1.29 is 9.53 Å². The van der Waals surface area contributed by atoms with E-state index in [2.05, 4.69) is 46.9 Å². The Morgan fingerprint density at radius 3 is 2.83 bits per heavy atom. The lowest BCUT2D eigenvalue weighted by Crippen LogP contribution is -2.39. The Bertz CT molecular complexity index is 584. The summed E-state index contributed by atoms with van der Waals surface area (Å²) in [4.78, 5) is 16.2. The van der Waals surface area contributed by atoms with Gasteiger partial charge in [0.15, 0.2) is 0 Å². The van der Waals surface area contributed by atoms with Gasteiger partial charge in [-0.05, 0) is 58.3 Å². The SMILES string of the molecule is CCC1C[C@@H]2OC(=O)C[C@@H]2C(/C=C/c2ccc(Br)cn2)C1CC. The molecule has 0 N–H and O–H groups in total. The van der Waals surface area contributed by atoms with E-state index >= 15 is 0 Å². The molecule has 1 aromatic rings. The predicted molar refractivity (Wildman–Crippen MR) is 94.6 cm³/mol. The first-order valence-electron chi connectivity index (χ1n) is 8.61. The Labute approximate surface area is 146 Å². The second kappa shape index (κ2) is 7.16. The van der Waals surface area contributed by atoms with Crippen LogP contribution in [0.1, 0.15) is 45.2 Å². The van der Waals surface area contributed by atoms with Crippen LogP contribution in [0.4, 0.5) is 0 Å². The molecule has 0 radical (unpaired) electrons. The minimum atomic E-state index is -0.0215. The number of pyridine rings is 1. The number of fused-ring (bicyclic) bond motifs is 1. The van der Waals surface area contributed by atoms with Gasteiger partial charge in [-0.2, -0.15) is 0 Å². The van der Waals surface area contributed by atoms with Gasteiger partial charge in [-0.15, -0.1) is 0 Å². The highest BCUT2D eigenvalue weighted by Crippen LogP contribution is 2.48. The number of aromatic nitrogens is 1. The standard InChI is InChI=1S/C19H24BrNO2/c1-3-12-9-18-17(10-19(22)23-18)16(15(12)4-2)8-7-14-6-5-13(20)11-21-14/h5-8,11-12,15-18H,3-4,9-10H2,1-2H3/b8-7+/t12?,15?,16?,17-,18+/m1/s1. The van der Waals surface area contributed by atoms with Crippen LogP contribution in [0.25, 0.3) is 6.08 Å². The molecule has 3 rings (SSSR count). The van der Waals surface area contributed by atoms with E-state index in [4.69, 9.17) is 4.74 Å². The fraction of sp³-hybridized carbons (Fsp3) is 0.579. The average Bonchev–Trinajstić information content (AvgIpc) is 2.93. The van der Waals surface area contributed by atoms with Gasteiger partial charge in [0.25, 0.3) is 0 Å². The molecule has 2 aliphatic rings. The van der Waals surface area contributed by atoms with E-state index in [-0.39, 0.29) is 12.1 Å². The van der Waals surface area contributed by atoms with Gasteiger partial charge in [0.1, 0.15) is 6.10 Å². The molecule has 0 amide bonds. The fourth-order valence-corrected chi connectivity index (χ4v) is 4.63. The van der Waals surface area contributed by atoms with Crippen LogP contribution in [0, 0.1) is 23.7 Å². The Hall–Kier alpha value is -1.16. The summed E-state index contributed by atoms with van der Waals surface area (Å²) in [5.41, 5.74) is 0.962. The molecule has 4 heteroatoms. The first-order valence-corrected chi connectivity index (χ1v) is 9.40. The van der Waals surface area contributed by atoms with Gasteiger partial charge in [0.2, 0.25) is 0 Å². The highest BCUT2D eigenvalue weighted by Gasteiger charge is 2.48. The zero-order chi connectivity index (χ0) is 16.4. The van der Waals surface area contributed by atoms with Gasteiger partial charge < -0.3 is 4.74 Å². The van der Waals surface area contributed by atoms with Crippen LogP contribution >= 0.6 is 15.9 Å². The third kappa shape index (κ3) is 3.52. The van der Waals surface area contributed by atoms with Crippen LogP contribution < -0.4 is 0 Å². The molecule has 124 valence electrons. The lowest BCUT2D eigenvalue weighted by molar-refractivity contribution is -0.143. The maximum absolute atomic E-state index is 11.8. The zero-order valence-corrected chi connectivity index (χ0v) is 15.3. The summed E-state index contributed by atoms with van der Waals surface area (Å²) in [7, 11) is 0. The summed E-state index contributed by atoms with van der Waals surface area (Å²) in [6.07, 6.45) is 10.2. The molecule has 0 bridgehead atoms. The van der Waals surface area contributed by atoms with Crippen LogP contribution in [0.3, 0.4) is 0 Å². The maximum atomic E-state index is 11.8. The molecule has 2 heterocycles. The number of hydrogen-bond donors (Lipinski definition) is 0. The first kappa shape index (κ1) is 16.7. The molecule has 0 spiro atoms. The number of nitrogens with zero attached hydrogens (tertiary/aromatic N) is 1. The minimum absolute atomic E-state index is 0.0215. The van der Waals surface area contributed by atoms with Crippen LogP contribution in [0.2, 0.25) is 0 Å². The smallest absolute Gasteiger partial charge is 0.306 e. The van der Waals surface area contributed by atoms with E-state index in [1.54, 1.807) is 0 Å². The number of rotatable bonds is 4. The minimum Gasteiger partial charge on any atom is -0.462 e. The second-order valence-electron chi connectivity index (χ2n) is 6.71. The average molecular weight is 378 g/mol. The van der Waals surface area contributed by atoms with Gasteiger partial charge >= 0.3 is 5.97 Å². The van der Waals surface area contributed by atoms with E-state index < -0.39 is 0 Å². The molecule has 1 aliphatic heterocycles. The highest BCUT2D eigenvalue weighted by molar-refractivity contribution is 9.10. The molecule has 1 aliphatic carbocycles. The predicted octanol–water partition coefficient (Wildman–Crippen LogP) is 4.86.